The molecule has 0 aliphatic heterocycles. The summed E-state index contributed by atoms with van der Waals surface area (Å²) in [6.07, 6.45) is 1.15. The summed E-state index contributed by atoms with van der Waals surface area (Å²) in [5, 5.41) is 9.05. The molecule has 0 unspecified atom stereocenters. The molecule has 0 spiro atoms. The third-order valence-electron chi connectivity index (χ3n) is 2.29. The van der Waals surface area contributed by atoms with Gasteiger partial charge in [0.1, 0.15) is 17.4 Å². The highest BCUT2D eigenvalue weighted by Gasteiger charge is 2.14. The first-order chi connectivity index (χ1) is 7.59. The van der Waals surface area contributed by atoms with Crippen molar-refractivity contribution < 1.29 is 13.9 Å². The number of pyridine rings is 1. The van der Waals surface area contributed by atoms with Crippen molar-refractivity contribution >= 4 is 0 Å². The van der Waals surface area contributed by atoms with Crippen LogP contribution in [0.25, 0.3) is 11.3 Å². The lowest BCUT2D eigenvalue weighted by Crippen LogP contribution is -1.94. The maximum absolute atomic E-state index is 13.7. The molecule has 0 amide bonds. The lowest BCUT2D eigenvalue weighted by atomic mass is 10.1. The van der Waals surface area contributed by atoms with Crippen LogP contribution in [0, 0.1) is 18.6 Å². The summed E-state index contributed by atoms with van der Waals surface area (Å²) in [7, 11) is 0. The molecule has 0 aliphatic carbocycles. The molecule has 1 aromatic heterocycles. The molecular weight excluding hydrogens is 212 g/mol. The van der Waals surface area contributed by atoms with Crippen LogP contribution in [0.2, 0.25) is 0 Å². The lowest BCUT2D eigenvalue weighted by Gasteiger charge is -2.06. The van der Waals surface area contributed by atoms with Crippen LogP contribution < -0.4 is 0 Å². The average Bonchev–Trinajstić information content (AvgIpc) is 2.27. The van der Waals surface area contributed by atoms with Crippen molar-refractivity contribution in [3.63, 3.8) is 0 Å². The molecule has 0 aliphatic rings. The summed E-state index contributed by atoms with van der Waals surface area (Å²) >= 11 is 0. The van der Waals surface area contributed by atoms with Gasteiger partial charge in [0.2, 0.25) is 0 Å². The Bertz CT molecular complexity index is 523. The van der Waals surface area contributed by atoms with E-state index < -0.39 is 11.6 Å². The molecule has 2 aromatic rings. The van der Waals surface area contributed by atoms with Gasteiger partial charge in [-0.05, 0) is 30.7 Å². The van der Waals surface area contributed by atoms with Gasteiger partial charge in [-0.1, -0.05) is 6.07 Å². The molecule has 4 heteroatoms. The number of nitrogens with zero attached hydrogens (tertiary/aromatic N) is 1. The van der Waals surface area contributed by atoms with Crippen LogP contribution in [0.15, 0.2) is 30.5 Å². The molecule has 0 fully saturated rings. The fourth-order valence-electron chi connectivity index (χ4n) is 1.43. The number of rotatable bonds is 1. The minimum atomic E-state index is -0.665. The van der Waals surface area contributed by atoms with Crippen LogP contribution in [0.4, 0.5) is 8.78 Å². The van der Waals surface area contributed by atoms with Crippen molar-refractivity contribution in [2.75, 3.05) is 0 Å². The van der Waals surface area contributed by atoms with Crippen molar-refractivity contribution in [1.29, 1.82) is 0 Å². The summed E-state index contributed by atoms with van der Waals surface area (Å²) in [6.45, 7) is 1.55. The van der Waals surface area contributed by atoms with Crippen LogP contribution in [0.1, 0.15) is 5.56 Å². The number of aromatic hydroxyl groups is 1. The van der Waals surface area contributed by atoms with Gasteiger partial charge >= 0.3 is 0 Å². The van der Waals surface area contributed by atoms with Crippen LogP contribution in [-0.4, -0.2) is 10.1 Å². The van der Waals surface area contributed by atoms with Crippen molar-refractivity contribution in [2.24, 2.45) is 0 Å². The first-order valence-electron chi connectivity index (χ1n) is 4.69. The van der Waals surface area contributed by atoms with Gasteiger partial charge in [-0.2, -0.15) is 0 Å². The number of benzene rings is 1. The van der Waals surface area contributed by atoms with Crippen LogP contribution in [-0.2, 0) is 0 Å². The largest absolute Gasteiger partial charge is 0.506 e. The Morgan fingerprint density at radius 1 is 1.12 bits per heavy atom. The Labute approximate surface area is 91.2 Å². The van der Waals surface area contributed by atoms with E-state index in [-0.39, 0.29) is 17.0 Å². The average molecular weight is 221 g/mol. The third-order valence-corrected chi connectivity index (χ3v) is 2.29. The topological polar surface area (TPSA) is 33.1 Å². The molecule has 0 saturated heterocycles. The minimum Gasteiger partial charge on any atom is -0.506 e. The monoisotopic (exact) mass is 221 g/mol. The predicted octanol–water partition coefficient (Wildman–Crippen LogP) is 3.04. The Morgan fingerprint density at radius 2 is 1.88 bits per heavy atom. The minimum absolute atomic E-state index is 0.0442. The molecule has 0 radical (unpaired) electrons. The van der Waals surface area contributed by atoms with E-state index in [9.17, 15) is 8.78 Å². The van der Waals surface area contributed by atoms with E-state index in [1.807, 2.05) is 0 Å². The van der Waals surface area contributed by atoms with Gasteiger partial charge in [-0.25, -0.2) is 8.78 Å². The molecule has 1 aromatic carbocycles. The molecular formula is C12H9F2NO. The van der Waals surface area contributed by atoms with Crippen LogP contribution in [0.3, 0.4) is 0 Å². The number of hydrogen-bond acceptors (Lipinski definition) is 2. The van der Waals surface area contributed by atoms with Gasteiger partial charge in [0.05, 0.1) is 17.5 Å². The Balaban J connectivity index is 2.63. The fraction of sp³-hybridized carbons (Fsp3) is 0.0833. The first kappa shape index (κ1) is 10.5. The van der Waals surface area contributed by atoms with Gasteiger partial charge in [-0.15, -0.1) is 0 Å². The maximum atomic E-state index is 13.7. The van der Waals surface area contributed by atoms with E-state index in [4.69, 9.17) is 5.11 Å². The van der Waals surface area contributed by atoms with Gasteiger partial charge in [0, 0.05) is 0 Å². The molecule has 82 valence electrons. The normalized spacial score (nSPS) is 10.4. The summed E-state index contributed by atoms with van der Waals surface area (Å²) in [4.78, 5) is 3.78. The van der Waals surface area contributed by atoms with Gasteiger partial charge < -0.3 is 5.11 Å². The molecule has 1 heterocycles. The Kier molecular flexibility index (Phi) is 2.56. The number of aryl methyl sites for hydroxylation is 1. The number of aromatic nitrogens is 1. The second-order valence-corrected chi connectivity index (χ2v) is 3.45. The van der Waals surface area contributed by atoms with E-state index in [2.05, 4.69) is 4.98 Å². The fourth-order valence-corrected chi connectivity index (χ4v) is 1.43. The number of hydrogen-bond donors (Lipinski definition) is 1. The Morgan fingerprint density at radius 3 is 2.50 bits per heavy atom. The Hall–Kier alpha value is -1.97. The SMILES string of the molecule is Cc1ccc(F)c(-c2ccc(O)cn2)c1F. The predicted molar refractivity (Wildman–Crippen MR) is 56.0 cm³/mol. The van der Waals surface area contributed by atoms with E-state index in [1.54, 1.807) is 6.92 Å². The molecule has 1 N–H and O–H groups in total. The number of halogens is 2. The molecule has 0 atom stereocenters. The highest BCUT2D eigenvalue weighted by molar-refractivity contribution is 5.62. The van der Waals surface area contributed by atoms with Gasteiger partial charge in [0.25, 0.3) is 0 Å². The zero-order valence-electron chi connectivity index (χ0n) is 8.54. The van der Waals surface area contributed by atoms with Crippen LogP contribution >= 0.6 is 0 Å². The highest BCUT2D eigenvalue weighted by atomic mass is 19.1. The highest BCUT2D eigenvalue weighted by Crippen LogP contribution is 2.27. The lowest BCUT2D eigenvalue weighted by molar-refractivity contribution is 0.472. The first-order valence-corrected chi connectivity index (χ1v) is 4.69. The summed E-state index contributed by atoms with van der Waals surface area (Å²) in [5.41, 5.74) is 0.350. The van der Waals surface area contributed by atoms with Crippen LogP contribution in [0.5, 0.6) is 5.75 Å². The molecule has 2 rings (SSSR count). The van der Waals surface area contributed by atoms with Crippen molar-refractivity contribution in [1.82, 2.24) is 4.98 Å². The summed E-state index contributed by atoms with van der Waals surface area (Å²) in [6, 6.07) is 5.27. The molecule has 2 nitrogen and oxygen atoms in total. The standard InChI is InChI=1S/C12H9F2NO/c1-7-2-4-9(13)11(12(7)14)10-5-3-8(16)6-15-10/h2-6,16H,1H3. The summed E-state index contributed by atoms with van der Waals surface area (Å²) in [5.74, 6) is -1.34. The maximum Gasteiger partial charge on any atom is 0.138 e. The van der Waals surface area contributed by atoms with E-state index in [1.165, 1.54) is 24.3 Å². The molecule has 0 bridgehead atoms. The van der Waals surface area contributed by atoms with E-state index in [0.29, 0.717) is 5.56 Å². The van der Waals surface area contributed by atoms with Crippen molar-refractivity contribution in [3.8, 4) is 17.0 Å². The smallest absolute Gasteiger partial charge is 0.138 e. The molecule has 16 heavy (non-hydrogen) atoms. The zero-order chi connectivity index (χ0) is 11.7. The molecule has 0 saturated carbocycles. The second-order valence-electron chi connectivity index (χ2n) is 3.45. The quantitative estimate of drug-likeness (QED) is 0.802. The van der Waals surface area contributed by atoms with Crippen molar-refractivity contribution in [2.45, 2.75) is 6.92 Å². The van der Waals surface area contributed by atoms with Crippen molar-refractivity contribution in [3.05, 3.63) is 47.7 Å². The van der Waals surface area contributed by atoms with Gasteiger partial charge in [0.15, 0.2) is 0 Å². The zero-order valence-corrected chi connectivity index (χ0v) is 8.54. The van der Waals surface area contributed by atoms with E-state index in [0.717, 1.165) is 6.20 Å². The summed E-state index contributed by atoms with van der Waals surface area (Å²) < 4.78 is 27.2. The second kappa shape index (κ2) is 3.89. The van der Waals surface area contributed by atoms with Gasteiger partial charge in [-0.3, -0.25) is 4.98 Å². The van der Waals surface area contributed by atoms with E-state index >= 15 is 0 Å². The third kappa shape index (κ3) is 1.74.